The molecule has 21 nitrogen and oxygen atoms in total. The summed E-state index contributed by atoms with van der Waals surface area (Å²) in [6, 6.07) is 16.2. The van der Waals surface area contributed by atoms with Gasteiger partial charge in [-0.3, -0.25) is 29.9 Å². The zero-order valence-electron chi connectivity index (χ0n) is 31.3. The zero-order chi connectivity index (χ0) is 45.6. The second kappa shape index (κ2) is 31.2. The summed E-state index contributed by atoms with van der Waals surface area (Å²) in [5.41, 5.74) is 2.34. The number of hydrogen-bond donors (Lipinski definition) is 6. The quantitative estimate of drug-likeness (QED) is 0.0961. The maximum atomic E-state index is 10.8. The van der Waals surface area contributed by atoms with E-state index in [-0.39, 0.29) is 65.0 Å². The molecule has 28 heteroatoms. The van der Waals surface area contributed by atoms with Crippen LogP contribution in [0.2, 0.25) is 0 Å². The molecule has 0 aromatic carbocycles. The third-order valence-corrected chi connectivity index (χ3v) is 6.83. The van der Waals surface area contributed by atoms with Gasteiger partial charge in [0.15, 0.2) is 0 Å². The molecule has 0 saturated heterocycles. The van der Waals surface area contributed by atoms with E-state index in [0.717, 1.165) is 0 Å². The van der Waals surface area contributed by atoms with Crippen molar-refractivity contribution >= 4 is 84.3 Å². The second-order valence-corrected chi connectivity index (χ2v) is 21.2. The van der Waals surface area contributed by atoms with Gasteiger partial charge in [-0.1, -0.05) is 0 Å². The van der Waals surface area contributed by atoms with Crippen LogP contribution in [0, 0.1) is 0 Å². The molecule has 6 rings (SSSR count). The first-order chi connectivity index (χ1) is 28.9. The van der Waals surface area contributed by atoms with Crippen LogP contribution in [0.25, 0.3) is 34.2 Å². The van der Waals surface area contributed by atoms with Crippen LogP contribution in [0.15, 0.2) is 110 Å². The summed E-state index contributed by atoms with van der Waals surface area (Å²) < 4.78 is 0. The normalized spacial score (nSPS) is 9.48. The van der Waals surface area contributed by atoms with E-state index in [1.54, 1.807) is 0 Å². The van der Waals surface area contributed by atoms with Crippen molar-refractivity contribution in [3.8, 4) is 34.2 Å². The van der Waals surface area contributed by atoms with Crippen molar-refractivity contribution in [2.45, 2.75) is 0 Å². The van der Waals surface area contributed by atoms with Crippen LogP contribution < -0.4 is 0 Å². The molecule has 345 valence electrons. The molecule has 0 aliphatic carbocycles. The first-order valence-electron chi connectivity index (χ1n) is 15.6. The van der Waals surface area contributed by atoms with E-state index in [4.69, 9.17) is 79.1 Å². The minimum atomic E-state index is -1.75. The van der Waals surface area contributed by atoms with Crippen molar-refractivity contribution in [1.82, 2.24) is 29.9 Å². The van der Waals surface area contributed by atoms with Gasteiger partial charge in [-0.15, -0.1) is 0 Å². The Bertz CT molecular complexity index is 2080. The topological polar surface area (TPSA) is 396 Å². The van der Waals surface area contributed by atoms with Gasteiger partial charge in [0.1, 0.15) is 0 Å². The average molecular weight is 1170 g/mol. The number of carboxylic acid groups (broad SMARTS) is 6. The van der Waals surface area contributed by atoms with Crippen molar-refractivity contribution in [2.75, 3.05) is 0 Å². The molecule has 0 radical (unpaired) electrons. The molecule has 0 fully saturated rings. The van der Waals surface area contributed by atoms with Crippen LogP contribution in [0.1, 0.15) is 62.1 Å². The van der Waals surface area contributed by atoms with Crippen molar-refractivity contribution in [3.05, 3.63) is 143 Å². The van der Waals surface area contributed by atoms with Crippen LogP contribution in [0.3, 0.4) is 0 Å². The molecular formula is C36H30Cl5N6O15Ru2. The van der Waals surface area contributed by atoms with Crippen LogP contribution in [-0.2, 0) is 28.1 Å². The molecule has 0 atom stereocenters. The van der Waals surface area contributed by atoms with Gasteiger partial charge in [-0.2, -0.15) is 0 Å². The summed E-state index contributed by atoms with van der Waals surface area (Å²) in [6.45, 7) is 0. The van der Waals surface area contributed by atoms with Gasteiger partial charge in [0.2, 0.25) is 0 Å². The third-order valence-electron chi connectivity index (χ3n) is 6.83. The summed E-state index contributed by atoms with van der Waals surface area (Å²) in [4.78, 5) is 88.7. The number of pyridine rings is 6. The summed E-state index contributed by atoms with van der Waals surface area (Å²) in [6.07, 6.45) is 8.05. The molecule has 0 aliphatic heterocycles. The Balaban J connectivity index is 0. The summed E-state index contributed by atoms with van der Waals surface area (Å²) in [7, 11) is 24.6. The van der Waals surface area contributed by atoms with Gasteiger partial charge in [-0.05, 0) is 72.8 Å². The molecular weight excluding hydrogens is 1140 g/mol. The Morgan fingerprint density at radius 3 is 0.562 bits per heavy atom. The Hall–Kier alpha value is -5.70. The molecule has 6 aromatic rings. The van der Waals surface area contributed by atoms with Gasteiger partial charge in [0.25, 0.3) is 0 Å². The fraction of sp³-hybridized carbons (Fsp3) is 0. The summed E-state index contributed by atoms with van der Waals surface area (Å²) in [5.74, 6) is -6.46. The van der Waals surface area contributed by atoms with Gasteiger partial charge >= 0.3 is 112 Å². The molecule has 6 heterocycles. The molecule has 64 heavy (non-hydrogen) atoms. The molecule has 0 spiro atoms. The standard InChI is InChI=1S/3C12H8N2O4.5ClH.3H2O.2Ru/c3*15-11(16)7-1-3-13-9(5-7)10-6-8(12(17)18)2-4-14-10;;;;;;;;;;/h3*1-6H,(H,15,16)(H,17,18);5*1H;3*1H2;;/q;;;;;;;;;;;+2;+3/p-5. The number of hydrogen-bond acceptors (Lipinski definition) is 12. The van der Waals surface area contributed by atoms with E-state index >= 15 is 0 Å². The summed E-state index contributed by atoms with van der Waals surface area (Å²) >= 11 is -2.10. The number of rotatable bonds is 9. The molecule has 12 N–H and O–H groups in total. The molecule has 0 unspecified atom stereocenters. The van der Waals surface area contributed by atoms with E-state index in [2.05, 4.69) is 29.9 Å². The van der Waals surface area contributed by atoms with Gasteiger partial charge < -0.3 is 47.1 Å². The van der Waals surface area contributed by atoms with E-state index < -0.39 is 48.8 Å². The van der Waals surface area contributed by atoms with E-state index in [1.807, 2.05) is 0 Å². The number of nitrogens with zero attached hydrogens (tertiary/aromatic N) is 6. The average Bonchev–Trinajstić information content (AvgIpc) is 3.24. The fourth-order valence-corrected chi connectivity index (χ4v) is 4.22. The van der Waals surface area contributed by atoms with Crippen molar-refractivity contribution < 1.29 is 104 Å². The predicted molar refractivity (Wildman–Crippen MR) is 224 cm³/mol. The summed E-state index contributed by atoms with van der Waals surface area (Å²) in [5, 5.41) is 53.1. The van der Waals surface area contributed by atoms with Gasteiger partial charge in [0, 0.05) is 37.2 Å². The van der Waals surface area contributed by atoms with Crippen molar-refractivity contribution in [1.29, 1.82) is 0 Å². The maximum absolute atomic E-state index is 10.8. The molecule has 0 bridgehead atoms. The molecule has 0 amide bonds. The minimum absolute atomic E-state index is 0. The van der Waals surface area contributed by atoms with E-state index in [0.29, 0.717) is 34.2 Å². The monoisotopic (exact) mass is 1160 g/mol. The zero-order valence-corrected chi connectivity index (χ0v) is 38.6. The third kappa shape index (κ3) is 21.1. The fourth-order valence-electron chi connectivity index (χ4n) is 4.22. The van der Waals surface area contributed by atoms with Gasteiger partial charge in [0.05, 0.1) is 67.5 Å². The molecule has 6 aromatic heterocycles. The van der Waals surface area contributed by atoms with Gasteiger partial charge in [-0.25, -0.2) is 28.8 Å². The Morgan fingerprint density at radius 2 is 0.469 bits per heavy atom. The first kappa shape index (κ1) is 60.4. The van der Waals surface area contributed by atoms with Crippen LogP contribution in [-0.4, -0.2) is 113 Å². The number of carboxylic acids is 6. The predicted octanol–water partition coefficient (Wildman–Crippen LogP) is 5.59. The number of carbonyl (C=O) groups is 6. The Kier molecular flexibility index (Phi) is 29.4. The van der Waals surface area contributed by atoms with E-state index in [1.165, 1.54) is 110 Å². The molecule has 0 saturated carbocycles. The van der Waals surface area contributed by atoms with E-state index in [9.17, 15) is 28.8 Å². The molecule has 0 aliphatic rings. The number of aromatic carboxylic acids is 6. The SMILES string of the molecule is O.O.O.O=C(O)c1ccnc(-c2cc(C(=O)O)ccn2)c1.O=C(O)c1ccnc(-c2cc(C(=O)O)ccn2)c1.O=C(O)c1ccnc(-c2cc(C(=O)O)ccn2)c1.[Cl][Ru]([Cl])[Cl].[Cl][Ru][Cl]. The second-order valence-electron chi connectivity index (χ2n) is 10.6. The van der Waals surface area contributed by atoms with Crippen LogP contribution >= 0.6 is 48.5 Å². The van der Waals surface area contributed by atoms with Crippen LogP contribution in [0.4, 0.5) is 0 Å². The van der Waals surface area contributed by atoms with Crippen LogP contribution in [0.5, 0.6) is 0 Å². The number of aromatic nitrogens is 6. The first-order valence-corrected chi connectivity index (χ1v) is 26.8. The van der Waals surface area contributed by atoms with Crippen molar-refractivity contribution in [3.63, 3.8) is 0 Å². The Morgan fingerprint density at radius 1 is 0.359 bits per heavy atom. The van der Waals surface area contributed by atoms with Crippen molar-refractivity contribution in [2.24, 2.45) is 0 Å². The Labute approximate surface area is 393 Å². The number of halogens is 5.